The summed E-state index contributed by atoms with van der Waals surface area (Å²) in [7, 11) is 0. The number of piperidine rings is 1. The molecule has 1 amide bonds. The van der Waals surface area contributed by atoms with Crippen LogP contribution in [0.2, 0.25) is 0 Å². The van der Waals surface area contributed by atoms with Crippen molar-refractivity contribution in [2.75, 3.05) is 36.0 Å². The molecule has 8 heteroatoms. The van der Waals surface area contributed by atoms with Crippen molar-refractivity contribution >= 4 is 34.7 Å². The summed E-state index contributed by atoms with van der Waals surface area (Å²) in [6.07, 6.45) is 5.59. The summed E-state index contributed by atoms with van der Waals surface area (Å²) in [5.41, 5.74) is 1.18. The molecule has 0 bridgehead atoms. The number of rotatable bonds is 9. The van der Waals surface area contributed by atoms with Gasteiger partial charge in [0, 0.05) is 32.4 Å². The van der Waals surface area contributed by atoms with Crippen molar-refractivity contribution in [1.82, 2.24) is 19.9 Å². The van der Waals surface area contributed by atoms with Crippen LogP contribution in [0.1, 0.15) is 39.5 Å². The molecule has 0 radical (unpaired) electrons. The zero-order valence-electron chi connectivity index (χ0n) is 17.4. The number of aryl methyl sites for hydroxylation is 1. The van der Waals surface area contributed by atoms with Crippen LogP contribution in [0, 0.1) is 5.92 Å². The minimum absolute atomic E-state index is 0.0912. The summed E-state index contributed by atoms with van der Waals surface area (Å²) < 4.78 is 1.66. The monoisotopic (exact) mass is 417 g/mol. The first-order chi connectivity index (χ1) is 14.2. The van der Waals surface area contributed by atoms with E-state index < -0.39 is 0 Å². The molecule has 2 aromatic heterocycles. The molecule has 1 atom stereocenters. The molecule has 0 aliphatic carbocycles. The molecule has 2 aromatic rings. The quantitative estimate of drug-likeness (QED) is 0.632. The van der Waals surface area contributed by atoms with E-state index in [4.69, 9.17) is 0 Å². The highest BCUT2D eigenvalue weighted by Gasteiger charge is 2.28. The molecule has 3 heterocycles. The zero-order chi connectivity index (χ0) is 20.6. The number of carbonyl (C=O) groups excluding carboxylic acids is 1. The summed E-state index contributed by atoms with van der Waals surface area (Å²) in [5, 5.41) is 3.08. The second-order valence-electron chi connectivity index (χ2n) is 7.37. The van der Waals surface area contributed by atoms with Gasteiger partial charge in [-0.3, -0.25) is 14.2 Å². The summed E-state index contributed by atoms with van der Waals surface area (Å²) in [6, 6.07) is 3.71. The van der Waals surface area contributed by atoms with E-state index in [-0.39, 0.29) is 17.4 Å². The van der Waals surface area contributed by atoms with Gasteiger partial charge in [-0.1, -0.05) is 6.92 Å². The van der Waals surface area contributed by atoms with E-state index >= 15 is 0 Å². The number of carbonyl (C=O) groups is 1. The fourth-order valence-corrected chi connectivity index (χ4v) is 4.56. The molecule has 158 valence electrons. The topological polar surface area (TPSA) is 80.1 Å². The number of nitrogens with one attached hydrogen (secondary N) is 1. The molecule has 1 aliphatic heterocycles. The highest BCUT2D eigenvalue weighted by Crippen LogP contribution is 2.21. The Morgan fingerprint density at radius 2 is 2.21 bits per heavy atom. The minimum Gasteiger partial charge on any atom is -0.356 e. The maximum Gasteiger partial charge on any atom is 0.295 e. The Bertz CT molecular complexity index is 885. The fourth-order valence-electron chi connectivity index (χ4n) is 3.72. The van der Waals surface area contributed by atoms with Crippen LogP contribution in [0.25, 0.3) is 11.2 Å². The predicted molar refractivity (Wildman–Crippen MR) is 120 cm³/mol. The SMILES string of the molecule is CCCSCCCNC(=O)[C@@H]1CCCN(c2nc3cccnc3n(CC)c2=O)C1. The standard InChI is InChI=1S/C21H31N5O2S/c1-3-13-29-14-7-11-23-20(27)16-8-6-12-25(15-16)19-21(28)26(4-2)18-17(24-19)9-5-10-22-18/h5,9-10,16H,3-4,6-8,11-15H2,1-2H3,(H,23,27)/t16-/m1/s1. The lowest BCUT2D eigenvalue weighted by molar-refractivity contribution is -0.125. The van der Waals surface area contributed by atoms with E-state index in [0.29, 0.717) is 36.6 Å². The molecule has 0 unspecified atom stereocenters. The van der Waals surface area contributed by atoms with E-state index in [0.717, 1.165) is 31.6 Å². The summed E-state index contributed by atoms with van der Waals surface area (Å²) >= 11 is 1.93. The smallest absolute Gasteiger partial charge is 0.295 e. The average Bonchev–Trinajstić information content (AvgIpc) is 2.75. The van der Waals surface area contributed by atoms with Crippen LogP contribution >= 0.6 is 11.8 Å². The zero-order valence-corrected chi connectivity index (χ0v) is 18.2. The second-order valence-corrected chi connectivity index (χ2v) is 8.60. The van der Waals surface area contributed by atoms with E-state index in [1.807, 2.05) is 35.7 Å². The van der Waals surface area contributed by atoms with Crippen molar-refractivity contribution < 1.29 is 4.79 Å². The third-order valence-electron chi connectivity index (χ3n) is 5.21. The van der Waals surface area contributed by atoms with Crippen molar-refractivity contribution in [1.29, 1.82) is 0 Å². The first-order valence-corrected chi connectivity index (χ1v) is 11.8. The molecule has 1 aliphatic rings. The lowest BCUT2D eigenvalue weighted by Crippen LogP contribution is -2.45. The minimum atomic E-state index is -0.132. The summed E-state index contributed by atoms with van der Waals surface area (Å²) in [5.74, 6) is 2.67. The molecular formula is C21H31N5O2S. The van der Waals surface area contributed by atoms with Crippen LogP contribution in [0.15, 0.2) is 23.1 Å². The van der Waals surface area contributed by atoms with Crippen LogP contribution in [-0.2, 0) is 11.3 Å². The summed E-state index contributed by atoms with van der Waals surface area (Å²) in [4.78, 5) is 36.5. The van der Waals surface area contributed by atoms with Crippen LogP contribution < -0.4 is 15.8 Å². The summed E-state index contributed by atoms with van der Waals surface area (Å²) in [6.45, 7) is 6.65. The molecule has 1 saturated heterocycles. The number of hydrogen-bond acceptors (Lipinski definition) is 6. The van der Waals surface area contributed by atoms with Crippen LogP contribution in [0.3, 0.4) is 0 Å². The number of pyridine rings is 1. The van der Waals surface area contributed by atoms with Gasteiger partial charge >= 0.3 is 0 Å². The first kappa shape index (κ1) is 21.6. The van der Waals surface area contributed by atoms with E-state index in [1.165, 1.54) is 12.2 Å². The third kappa shape index (κ3) is 5.29. The van der Waals surface area contributed by atoms with E-state index in [9.17, 15) is 9.59 Å². The number of nitrogens with zero attached hydrogens (tertiary/aromatic N) is 4. The Kier molecular flexibility index (Phi) is 7.91. The van der Waals surface area contributed by atoms with Crippen molar-refractivity contribution in [3.8, 4) is 0 Å². The van der Waals surface area contributed by atoms with Gasteiger partial charge in [0.15, 0.2) is 11.5 Å². The van der Waals surface area contributed by atoms with Crippen LogP contribution in [0.5, 0.6) is 0 Å². The maximum atomic E-state index is 13.0. The normalized spacial score (nSPS) is 16.9. The van der Waals surface area contributed by atoms with Gasteiger partial charge in [-0.05, 0) is 56.2 Å². The average molecular weight is 418 g/mol. The van der Waals surface area contributed by atoms with Gasteiger partial charge < -0.3 is 10.2 Å². The Labute approximate surface area is 176 Å². The Morgan fingerprint density at radius 3 is 3.00 bits per heavy atom. The Hall–Kier alpha value is -2.09. The largest absolute Gasteiger partial charge is 0.356 e. The third-order valence-corrected chi connectivity index (χ3v) is 6.48. The van der Waals surface area contributed by atoms with Gasteiger partial charge in [0.25, 0.3) is 5.56 Å². The molecular weight excluding hydrogens is 386 g/mol. The van der Waals surface area contributed by atoms with Crippen molar-refractivity contribution in [2.24, 2.45) is 5.92 Å². The Morgan fingerprint density at radius 1 is 1.34 bits per heavy atom. The maximum absolute atomic E-state index is 13.0. The molecule has 0 aromatic carbocycles. The predicted octanol–water partition coefficient (Wildman–Crippen LogP) is 2.68. The number of amides is 1. The van der Waals surface area contributed by atoms with Gasteiger partial charge in [-0.25, -0.2) is 9.97 Å². The van der Waals surface area contributed by atoms with E-state index in [2.05, 4.69) is 22.2 Å². The molecule has 0 saturated carbocycles. The molecule has 7 nitrogen and oxygen atoms in total. The van der Waals surface area contributed by atoms with E-state index in [1.54, 1.807) is 10.8 Å². The molecule has 1 N–H and O–H groups in total. The van der Waals surface area contributed by atoms with Crippen molar-refractivity contribution in [2.45, 2.75) is 46.1 Å². The highest BCUT2D eigenvalue weighted by molar-refractivity contribution is 7.99. The molecule has 29 heavy (non-hydrogen) atoms. The number of thioether (sulfide) groups is 1. The number of hydrogen-bond donors (Lipinski definition) is 1. The molecule has 0 spiro atoms. The second kappa shape index (κ2) is 10.6. The molecule has 1 fully saturated rings. The lowest BCUT2D eigenvalue weighted by Gasteiger charge is -2.32. The fraction of sp³-hybridized carbons (Fsp3) is 0.619. The van der Waals surface area contributed by atoms with Crippen molar-refractivity contribution in [3.05, 3.63) is 28.7 Å². The number of aromatic nitrogens is 3. The van der Waals surface area contributed by atoms with Gasteiger partial charge in [0.05, 0.1) is 5.92 Å². The van der Waals surface area contributed by atoms with Crippen LogP contribution in [-0.4, -0.2) is 51.6 Å². The van der Waals surface area contributed by atoms with Gasteiger partial charge in [-0.15, -0.1) is 0 Å². The van der Waals surface area contributed by atoms with Crippen LogP contribution in [0.4, 0.5) is 5.82 Å². The number of anilines is 1. The lowest BCUT2D eigenvalue weighted by atomic mass is 9.97. The Balaban J connectivity index is 1.67. The van der Waals surface area contributed by atoms with Gasteiger partial charge in [0.1, 0.15) is 5.52 Å². The number of fused-ring (bicyclic) bond motifs is 1. The highest BCUT2D eigenvalue weighted by atomic mass is 32.2. The van der Waals surface area contributed by atoms with Crippen molar-refractivity contribution in [3.63, 3.8) is 0 Å². The van der Waals surface area contributed by atoms with Gasteiger partial charge in [-0.2, -0.15) is 11.8 Å². The van der Waals surface area contributed by atoms with Gasteiger partial charge in [0.2, 0.25) is 5.91 Å². The first-order valence-electron chi connectivity index (χ1n) is 10.6. The molecule has 3 rings (SSSR count).